The summed E-state index contributed by atoms with van der Waals surface area (Å²) in [6, 6.07) is 4.96. The minimum absolute atomic E-state index is 0.0706. The molecule has 0 aliphatic heterocycles. The topological polar surface area (TPSA) is 66.4 Å². The van der Waals surface area contributed by atoms with Crippen molar-refractivity contribution in [1.29, 1.82) is 0 Å². The molecular weight excluding hydrogens is 206 g/mol. The van der Waals surface area contributed by atoms with Gasteiger partial charge in [0.1, 0.15) is 0 Å². The highest BCUT2D eigenvalue weighted by Crippen LogP contribution is 2.31. The summed E-state index contributed by atoms with van der Waals surface area (Å²) < 4.78 is 0. The number of aryl methyl sites for hydroxylation is 1. The zero-order valence-corrected chi connectivity index (χ0v) is 8.99. The molecule has 0 bridgehead atoms. The predicted molar refractivity (Wildman–Crippen MR) is 59.5 cm³/mol. The first-order chi connectivity index (χ1) is 7.59. The Balaban J connectivity index is 2.29. The fraction of sp³-hybridized carbons (Fsp3) is 0.333. The molecule has 4 nitrogen and oxygen atoms in total. The van der Waals surface area contributed by atoms with E-state index in [4.69, 9.17) is 5.11 Å². The molecule has 1 fully saturated rings. The van der Waals surface area contributed by atoms with Crippen molar-refractivity contribution in [3.8, 4) is 0 Å². The van der Waals surface area contributed by atoms with Gasteiger partial charge in [-0.15, -0.1) is 0 Å². The summed E-state index contributed by atoms with van der Waals surface area (Å²) in [6.07, 6.45) is 1.81. The van der Waals surface area contributed by atoms with Gasteiger partial charge in [-0.1, -0.05) is 12.1 Å². The van der Waals surface area contributed by atoms with Gasteiger partial charge in [-0.05, 0) is 31.4 Å². The number of para-hydroxylation sites is 1. The summed E-state index contributed by atoms with van der Waals surface area (Å²) in [4.78, 5) is 22.6. The number of benzene rings is 1. The lowest BCUT2D eigenvalue weighted by Gasteiger charge is -2.10. The van der Waals surface area contributed by atoms with Crippen molar-refractivity contribution in [2.45, 2.75) is 19.8 Å². The Morgan fingerprint density at radius 1 is 1.38 bits per heavy atom. The Labute approximate surface area is 93.3 Å². The van der Waals surface area contributed by atoms with Crippen LogP contribution in [0, 0.1) is 12.8 Å². The average molecular weight is 219 g/mol. The average Bonchev–Trinajstić information content (AvgIpc) is 3.03. The van der Waals surface area contributed by atoms with E-state index in [-0.39, 0.29) is 17.4 Å². The van der Waals surface area contributed by atoms with Gasteiger partial charge in [-0.2, -0.15) is 0 Å². The predicted octanol–water partition coefficient (Wildman–Crippen LogP) is 2.04. The lowest BCUT2D eigenvalue weighted by atomic mass is 10.1. The second-order valence-corrected chi connectivity index (χ2v) is 4.07. The molecule has 84 valence electrons. The molecule has 0 aromatic heterocycles. The van der Waals surface area contributed by atoms with Gasteiger partial charge < -0.3 is 10.4 Å². The number of aromatic carboxylic acids is 1. The van der Waals surface area contributed by atoms with E-state index in [0.29, 0.717) is 5.69 Å². The largest absolute Gasteiger partial charge is 0.478 e. The van der Waals surface area contributed by atoms with Crippen molar-refractivity contribution in [2.24, 2.45) is 5.92 Å². The van der Waals surface area contributed by atoms with Crippen molar-refractivity contribution in [1.82, 2.24) is 0 Å². The maximum Gasteiger partial charge on any atom is 0.337 e. The fourth-order valence-corrected chi connectivity index (χ4v) is 1.58. The number of amides is 1. The number of nitrogens with one attached hydrogen (secondary N) is 1. The highest BCUT2D eigenvalue weighted by molar-refractivity contribution is 6.02. The van der Waals surface area contributed by atoms with E-state index in [0.717, 1.165) is 18.4 Å². The molecule has 16 heavy (non-hydrogen) atoms. The molecule has 0 radical (unpaired) electrons. The van der Waals surface area contributed by atoms with Crippen molar-refractivity contribution in [2.75, 3.05) is 5.32 Å². The van der Waals surface area contributed by atoms with E-state index >= 15 is 0 Å². The van der Waals surface area contributed by atoms with Crippen molar-refractivity contribution < 1.29 is 14.7 Å². The molecule has 1 aromatic carbocycles. The summed E-state index contributed by atoms with van der Waals surface area (Å²) in [5.74, 6) is -1.02. The smallest absolute Gasteiger partial charge is 0.337 e. The standard InChI is InChI=1S/C12H13NO3/c1-7-3-2-4-9(12(15)16)10(7)13-11(14)8-5-6-8/h2-4,8H,5-6H2,1H3,(H,13,14)(H,15,16). The zero-order valence-electron chi connectivity index (χ0n) is 8.99. The van der Waals surface area contributed by atoms with E-state index < -0.39 is 5.97 Å². The molecule has 0 saturated heterocycles. The molecule has 0 atom stereocenters. The third-order valence-electron chi connectivity index (χ3n) is 2.70. The quantitative estimate of drug-likeness (QED) is 0.817. The summed E-state index contributed by atoms with van der Waals surface area (Å²) in [5.41, 5.74) is 1.34. The van der Waals surface area contributed by atoms with E-state index in [2.05, 4.69) is 5.32 Å². The molecule has 0 spiro atoms. The summed E-state index contributed by atoms with van der Waals surface area (Å²) in [5, 5.41) is 11.7. The Hall–Kier alpha value is -1.84. The first-order valence-electron chi connectivity index (χ1n) is 5.23. The van der Waals surface area contributed by atoms with Gasteiger partial charge in [0.2, 0.25) is 5.91 Å². The zero-order chi connectivity index (χ0) is 11.7. The first kappa shape index (κ1) is 10.7. The summed E-state index contributed by atoms with van der Waals surface area (Å²) in [7, 11) is 0. The second kappa shape index (κ2) is 3.96. The van der Waals surface area contributed by atoms with Gasteiger partial charge in [0.15, 0.2) is 0 Å². The third kappa shape index (κ3) is 2.05. The molecular formula is C12H13NO3. The van der Waals surface area contributed by atoms with Gasteiger partial charge in [-0.25, -0.2) is 4.79 Å². The number of carbonyl (C=O) groups is 2. The van der Waals surface area contributed by atoms with Crippen molar-refractivity contribution >= 4 is 17.6 Å². The van der Waals surface area contributed by atoms with E-state index in [1.807, 2.05) is 0 Å². The second-order valence-electron chi connectivity index (χ2n) is 4.07. The Kier molecular flexibility index (Phi) is 2.64. The van der Waals surface area contributed by atoms with Gasteiger partial charge in [-0.3, -0.25) is 4.79 Å². The van der Waals surface area contributed by atoms with E-state index in [1.54, 1.807) is 19.1 Å². The van der Waals surface area contributed by atoms with Crippen LogP contribution in [-0.4, -0.2) is 17.0 Å². The molecule has 1 amide bonds. The van der Waals surface area contributed by atoms with Crippen LogP contribution in [0.5, 0.6) is 0 Å². The molecule has 0 unspecified atom stereocenters. The van der Waals surface area contributed by atoms with Crippen LogP contribution < -0.4 is 5.32 Å². The molecule has 1 aliphatic carbocycles. The molecule has 1 aromatic rings. The van der Waals surface area contributed by atoms with Crippen LogP contribution in [0.1, 0.15) is 28.8 Å². The van der Waals surface area contributed by atoms with Gasteiger partial charge in [0.05, 0.1) is 11.3 Å². The van der Waals surface area contributed by atoms with Crippen LogP contribution in [0.4, 0.5) is 5.69 Å². The fourth-order valence-electron chi connectivity index (χ4n) is 1.58. The lowest BCUT2D eigenvalue weighted by molar-refractivity contribution is -0.117. The molecule has 1 aliphatic rings. The van der Waals surface area contributed by atoms with Gasteiger partial charge in [0, 0.05) is 5.92 Å². The molecule has 2 N–H and O–H groups in total. The number of anilines is 1. The summed E-state index contributed by atoms with van der Waals surface area (Å²) >= 11 is 0. The first-order valence-corrected chi connectivity index (χ1v) is 5.23. The maximum absolute atomic E-state index is 11.6. The lowest BCUT2D eigenvalue weighted by Crippen LogP contribution is -2.17. The molecule has 1 saturated carbocycles. The van der Waals surface area contributed by atoms with E-state index in [1.165, 1.54) is 6.07 Å². The number of hydrogen-bond acceptors (Lipinski definition) is 2. The van der Waals surface area contributed by atoms with Gasteiger partial charge in [0.25, 0.3) is 0 Å². The molecule has 0 heterocycles. The van der Waals surface area contributed by atoms with E-state index in [9.17, 15) is 9.59 Å². The SMILES string of the molecule is Cc1cccc(C(=O)O)c1NC(=O)C1CC1. The number of hydrogen-bond donors (Lipinski definition) is 2. The van der Waals surface area contributed by atoms with Crippen LogP contribution in [0.3, 0.4) is 0 Å². The number of carbonyl (C=O) groups excluding carboxylic acids is 1. The van der Waals surface area contributed by atoms with Crippen molar-refractivity contribution in [3.05, 3.63) is 29.3 Å². The number of carboxylic acids is 1. The Bertz CT molecular complexity index is 450. The normalized spacial score (nSPS) is 14.6. The van der Waals surface area contributed by atoms with Gasteiger partial charge >= 0.3 is 5.97 Å². The monoisotopic (exact) mass is 219 g/mol. The minimum atomic E-state index is -1.02. The Morgan fingerprint density at radius 2 is 2.06 bits per heavy atom. The molecule has 2 rings (SSSR count). The Morgan fingerprint density at radius 3 is 2.62 bits per heavy atom. The minimum Gasteiger partial charge on any atom is -0.478 e. The molecule has 4 heteroatoms. The van der Waals surface area contributed by atoms with Crippen LogP contribution in [-0.2, 0) is 4.79 Å². The third-order valence-corrected chi connectivity index (χ3v) is 2.70. The van der Waals surface area contributed by atoms with Crippen LogP contribution in [0.2, 0.25) is 0 Å². The number of rotatable bonds is 3. The highest BCUT2D eigenvalue weighted by atomic mass is 16.4. The maximum atomic E-state index is 11.6. The van der Waals surface area contributed by atoms with Crippen molar-refractivity contribution in [3.63, 3.8) is 0 Å². The van der Waals surface area contributed by atoms with Crippen LogP contribution >= 0.6 is 0 Å². The summed E-state index contributed by atoms with van der Waals surface area (Å²) in [6.45, 7) is 1.79. The van der Waals surface area contributed by atoms with Crippen LogP contribution in [0.25, 0.3) is 0 Å². The van der Waals surface area contributed by atoms with Crippen LogP contribution in [0.15, 0.2) is 18.2 Å². The number of carboxylic acid groups (broad SMARTS) is 1. The highest BCUT2D eigenvalue weighted by Gasteiger charge is 2.30.